The van der Waals surface area contributed by atoms with Crippen molar-refractivity contribution in [2.45, 2.75) is 25.9 Å². The van der Waals surface area contributed by atoms with Crippen molar-refractivity contribution in [2.75, 3.05) is 20.6 Å². The van der Waals surface area contributed by atoms with Crippen LogP contribution in [0.4, 0.5) is 4.39 Å². The highest BCUT2D eigenvalue weighted by molar-refractivity contribution is 5.78. The summed E-state index contributed by atoms with van der Waals surface area (Å²) >= 11 is 0. The highest BCUT2D eigenvalue weighted by Crippen LogP contribution is 2.25. The van der Waals surface area contributed by atoms with Crippen molar-refractivity contribution in [1.82, 2.24) is 10.2 Å². The first kappa shape index (κ1) is 16.6. The van der Waals surface area contributed by atoms with Gasteiger partial charge in [0.25, 0.3) is 0 Å². The highest BCUT2D eigenvalue weighted by atomic mass is 19.1. The van der Waals surface area contributed by atoms with E-state index in [0.717, 1.165) is 0 Å². The monoisotopic (exact) mass is 281 g/mol. The number of amides is 1. The molecule has 0 radical (unpaired) electrons. The molecule has 0 fully saturated rings. The smallest absolute Gasteiger partial charge is 0.223 e. The molecule has 1 rings (SSSR count). The molecule has 0 saturated carbocycles. The fourth-order valence-electron chi connectivity index (χ4n) is 2.51. The van der Waals surface area contributed by atoms with E-state index in [0.29, 0.717) is 12.1 Å². The fourth-order valence-corrected chi connectivity index (χ4v) is 2.51. The zero-order valence-electron chi connectivity index (χ0n) is 12.6. The highest BCUT2D eigenvalue weighted by Gasteiger charge is 2.26. The van der Waals surface area contributed by atoms with Gasteiger partial charge in [0.05, 0.1) is 6.04 Å². The number of nitrogens with two attached hydrogens (primary N) is 1. The lowest BCUT2D eigenvalue weighted by Crippen LogP contribution is -2.42. The lowest BCUT2D eigenvalue weighted by Gasteiger charge is -2.33. The number of benzene rings is 1. The molecule has 5 heteroatoms. The number of rotatable bonds is 6. The van der Waals surface area contributed by atoms with E-state index in [1.165, 1.54) is 6.07 Å². The van der Waals surface area contributed by atoms with Gasteiger partial charge in [-0.25, -0.2) is 4.39 Å². The van der Waals surface area contributed by atoms with Gasteiger partial charge in [0, 0.05) is 31.1 Å². The average Bonchev–Trinajstić information content (AvgIpc) is 2.39. The predicted octanol–water partition coefficient (Wildman–Crippen LogP) is 1.53. The maximum absolute atomic E-state index is 14.0. The average molecular weight is 281 g/mol. The second kappa shape index (κ2) is 7.36. The van der Waals surface area contributed by atoms with Crippen LogP contribution in [0.3, 0.4) is 0 Å². The first-order valence-corrected chi connectivity index (χ1v) is 6.80. The van der Waals surface area contributed by atoms with Crippen LogP contribution < -0.4 is 11.1 Å². The molecule has 1 aromatic rings. The number of carbonyl (C=O) groups excluding carboxylic acids is 1. The van der Waals surface area contributed by atoms with Crippen LogP contribution in [-0.4, -0.2) is 37.5 Å². The van der Waals surface area contributed by atoms with Crippen LogP contribution in [0, 0.1) is 11.7 Å². The minimum atomic E-state index is -0.269. The summed E-state index contributed by atoms with van der Waals surface area (Å²) in [6.07, 6.45) is 0. The van der Waals surface area contributed by atoms with Crippen molar-refractivity contribution < 1.29 is 9.18 Å². The predicted molar refractivity (Wildman–Crippen MR) is 78.7 cm³/mol. The topological polar surface area (TPSA) is 58.4 Å². The molecule has 112 valence electrons. The lowest BCUT2D eigenvalue weighted by atomic mass is 9.97. The molecular formula is C15H24FN3O. The Morgan fingerprint density at radius 1 is 1.40 bits per heavy atom. The molecule has 0 spiro atoms. The fraction of sp³-hybridized carbons (Fsp3) is 0.533. The number of nitrogens with one attached hydrogen (secondary N) is 1. The maximum Gasteiger partial charge on any atom is 0.223 e. The van der Waals surface area contributed by atoms with E-state index in [4.69, 9.17) is 5.73 Å². The Balaban J connectivity index is 2.92. The van der Waals surface area contributed by atoms with Gasteiger partial charge in [-0.3, -0.25) is 9.69 Å². The largest absolute Gasteiger partial charge is 0.359 e. The van der Waals surface area contributed by atoms with Crippen molar-refractivity contribution in [3.8, 4) is 0 Å². The molecule has 3 N–H and O–H groups in total. The molecule has 4 nitrogen and oxygen atoms in total. The Morgan fingerprint density at radius 3 is 2.50 bits per heavy atom. The molecule has 0 aliphatic heterocycles. The summed E-state index contributed by atoms with van der Waals surface area (Å²) in [6.45, 7) is 4.20. The molecule has 0 aliphatic carbocycles. The van der Waals surface area contributed by atoms with Gasteiger partial charge in [-0.05, 0) is 20.0 Å². The molecule has 1 aromatic carbocycles. The number of halogens is 1. The summed E-state index contributed by atoms with van der Waals surface area (Å²) in [5, 5.41) is 2.62. The molecule has 0 bridgehead atoms. The first-order valence-electron chi connectivity index (χ1n) is 6.80. The van der Waals surface area contributed by atoms with E-state index in [9.17, 15) is 9.18 Å². The van der Waals surface area contributed by atoms with Crippen LogP contribution in [0.1, 0.15) is 25.5 Å². The minimum absolute atomic E-state index is 0.0335. The van der Waals surface area contributed by atoms with Gasteiger partial charge in [-0.1, -0.05) is 25.1 Å². The Bertz CT molecular complexity index is 450. The normalized spacial score (nSPS) is 15.8. The lowest BCUT2D eigenvalue weighted by molar-refractivity contribution is -0.124. The van der Waals surface area contributed by atoms with E-state index < -0.39 is 0 Å². The molecular weight excluding hydrogens is 257 g/mol. The zero-order valence-corrected chi connectivity index (χ0v) is 12.6. The summed E-state index contributed by atoms with van der Waals surface area (Å²) in [4.78, 5) is 13.5. The van der Waals surface area contributed by atoms with Crippen LogP contribution in [-0.2, 0) is 4.79 Å². The van der Waals surface area contributed by atoms with Gasteiger partial charge in [0.1, 0.15) is 5.82 Å². The molecule has 0 saturated heterocycles. The summed E-state index contributed by atoms with van der Waals surface area (Å²) in [7, 11) is 3.47. The number of hydrogen-bond acceptors (Lipinski definition) is 3. The Kier molecular flexibility index (Phi) is 6.10. The van der Waals surface area contributed by atoms with Gasteiger partial charge < -0.3 is 11.1 Å². The van der Waals surface area contributed by atoms with Gasteiger partial charge in [-0.15, -0.1) is 0 Å². The van der Waals surface area contributed by atoms with Gasteiger partial charge >= 0.3 is 0 Å². The second-order valence-electron chi connectivity index (χ2n) is 5.28. The molecule has 3 unspecified atom stereocenters. The number of nitrogens with zero attached hydrogens (tertiary/aromatic N) is 1. The minimum Gasteiger partial charge on any atom is -0.359 e. The van der Waals surface area contributed by atoms with E-state index in [-0.39, 0.29) is 29.7 Å². The summed E-state index contributed by atoms with van der Waals surface area (Å²) in [5.74, 6) is -0.485. The summed E-state index contributed by atoms with van der Waals surface area (Å²) in [6, 6.07) is 6.12. The van der Waals surface area contributed by atoms with Gasteiger partial charge in [0.15, 0.2) is 0 Å². The van der Waals surface area contributed by atoms with Crippen molar-refractivity contribution in [3.05, 3.63) is 35.6 Å². The third-order valence-electron chi connectivity index (χ3n) is 3.45. The third-order valence-corrected chi connectivity index (χ3v) is 3.45. The quantitative estimate of drug-likeness (QED) is 0.831. The van der Waals surface area contributed by atoms with Crippen molar-refractivity contribution in [3.63, 3.8) is 0 Å². The zero-order chi connectivity index (χ0) is 15.3. The van der Waals surface area contributed by atoms with Crippen molar-refractivity contribution in [2.24, 2.45) is 11.7 Å². The Hall–Kier alpha value is -1.46. The summed E-state index contributed by atoms with van der Waals surface area (Å²) in [5.41, 5.74) is 6.58. The SMILES string of the molecule is CNC(=O)C(C)CN(C)C(c1ccccc1F)C(C)N. The van der Waals surface area contributed by atoms with E-state index in [2.05, 4.69) is 5.32 Å². The molecule has 3 atom stereocenters. The summed E-state index contributed by atoms with van der Waals surface area (Å²) < 4.78 is 14.0. The van der Waals surface area contributed by atoms with E-state index in [1.807, 2.05) is 25.8 Å². The van der Waals surface area contributed by atoms with Crippen molar-refractivity contribution >= 4 is 5.91 Å². The standard InChI is InChI=1S/C15H24FN3O/c1-10(15(20)18-3)9-19(4)14(11(2)17)12-7-5-6-8-13(12)16/h5-8,10-11,14H,9,17H2,1-4H3,(H,18,20). The van der Waals surface area contributed by atoms with Crippen LogP contribution in [0.25, 0.3) is 0 Å². The number of carbonyl (C=O) groups is 1. The van der Waals surface area contributed by atoms with Crippen LogP contribution in [0.2, 0.25) is 0 Å². The Labute approximate surface area is 120 Å². The molecule has 0 aromatic heterocycles. The van der Waals surface area contributed by atoms with Crippen molar-refractivity contribution in [1.29, 1.82) is 0 Å². The van der Waals surface area contributed by atoms with Crippen LogP contribution in [0.15, 0.2) is 24.3 Å². The molecule has 0 aliphatic rings. The molecule has 1 amide bonds. The van der Waals surface area contributed by atoms with E-state index >= 15 is 0 Å². The number of hydrogen-bond donors (Lipinski definition) is 2. The van der Waals surface area contributed by atoms with Gasteiger partial charge in [0.2, 0.25) is 5.91 Å². The third kappa shape index (κ3) is 4.02. The molecule has 0 heterocycles. The maximum atomic E-state index is 14.0. The van der Waals surface area contributed by atoms with E-state index in [1.54, 1.807) is 25.2 Å². The number of likely N-dealkylation sites (N-methyl/N-ethyl adjacent to an activating group) is 1. The first-order chi connectivity index (χ1) is 9.38. The van der Waals surface area contributed by atoms with Gasteiger partial charge in [-0.2, -0.15) is 0 Å². The Morgan fingerprint density at radius 2 is 2.00 bits per heavy atom. The van der Waals surface area contributed by atoms with Crippen LogP contribution in [0.5, 0.6) is 0 Å². The van der Waals surface area contributed by atoms with Crippen LogP contribution >= 0.6 is 0 Å². The second-order valence-corrected chi connectivity index (χ2v) is 5.28. The molecule has 20 heavy (non-hydrogen) atoms.